The predicted octanol–water partition coefficient (Wildman–Crippen LogP) is 2.93. The molecule has 0 atom stereocenters. The van der Waals surface area contributed by atoms with Crippen molar-refractivity contribution in [3.63, 3.8) is 0 Å². The number of allylic oxidation sites excluding steroid dienone is 2. The number of phosphoric ester groups is 2. The molecule has 2 rings (SSSR count). The van der Waals surface area contributed by atoms with E-state index in [-0.39, 0.29) is 17.3 Å². The van der Waals surface area contributed by atoms with Gasteiger partial charge in [-0.1, -0.05) is 36.4 Å². The average molecular weight is 426 g/mol. The zero-order valence-electron chi connectivity index (χ0n) is 14.2. The van der Waals surface area contributed by atoms with E-state index in [9.17, 15) is 13.9 Å². The molecule has 4 N–H and O–H groups in total. The predicted molar refractivity (Wildman–Crippen MR) is 101 cm³/mol. The Balaban J connectivity index is 2.04. The smallest absolute Gasteiger partial charge is 0.404 e. The first-order valence-electron chi connectivity index (χ1n) is 7.61. The molecule has 0 unspecified atom stereocenters. The van der Waals surface area contributed by atoms with Gasteiger partial charge in [-0.3, -0.25) is 24.4 Å². The molecule has 0 fully saturated rings. The Morgan fingerprint density at radius 1 is 0.750 bits per heavy atom. The number of carbonyl (C=O) groups excluding carboxylic acids is 1. The lowest BCUT2D eigenvalue weighted by molar-refractivity contribution is -0.110. The summed E-state index contributed by atoms with van der Waals surface area (Å²) in [7, 11) is -9.34. The SMILES string of the molecule is O=C(/C=C/c1cccc(OP(=O)(O)O)c1)/C=C/c1cccc(OP(=O)(O)O)c1. The molecule has 0 amide bonds. The van der Waals surface area contributed by atoms with Crippen molar-refractivity contribution in [3.8, 4) is 11.5 Å². The molecule has 2 aromatic rings. The van der Waals surface area contributed by atoms with E-state index < -0.39 is 15.6 Å². The highest BCUT2D eigenvalue weighted by Gasteiger charge is 2.16. The van der Waals surface area contributed by atoms with E-state index in [1.807, 2.05) is 0 Å². The van der Waals surface area contributed by atoms with Crippen LogP contribution in [0.2, 0.25) is 0 Å². The number of phosphoric acid groups is 2. The average Bonchev–Trinajstić information content (AvgIpc) is 2.56. The highest BCUT2D eigenvalue weighted by Crippen LogP contribution is 2.38. The van der Waals surface area contributed by atoms with E-state index >= 15 is 0 Å². The maximum absolute atomic E-state index is 11.9. The van der Waals surface area contributed by atoms with Gasteiger partial charge in [-0.15, -0.1) is 0 Å². The van der Waals surface area contributed by atoms with Crippen molar-refractivity contribution >= 4 is 33.6 Å². The van der Waals surface area contributed by atoms with Crippen LogP contribution in [0.4, 0.5) is 0 Å². The zero-order chi connectivity index (χ0) is 20.8. The lowest BCUT2D eigenvalue weighted by Crippen LogP contribution is -1.91. The number of ketones is 1. The third kappa shape index (κ3) is 8.45. The molecule has 0 aromatic heterocycles. The fourth-order valence-electron chi connectivity index (χ4n) is 2.04. The van der Waals surface area contributed by atoms with Gasteiger partial charge in [0, 0.05) is 0 Å². The van der Waals surface area contributed by atoms with Crippen LogP contribution in [-0.4, -0.2) is 25.4 Å². The van der Waals surface area contributed by atoms with Crippen LogP contribution in [0.5, 0.6) is 11.5 Å². The first-order chi connectivity index (χ1) is 13.0. The Morgan fingerprint density at radius 3 is 1.50 bits per heavy atom. The van der Waals surface area contributed by atoms with Crippen LogP contribution >= 0.6 is 15.6 Å². The van der Waals surface area contributed by atoms with Gasteiger partial charge in [0.05, 0.1) is 0 Å². The maximum atomic E-state index is 11.9. The normalized spacial score (nSPS) is 12.4. The summed E-state index contributed by atoms with van der Waals surface area (Å²) >= 11 is 0. The summed E-state index contributed by atoms with van der Waals surface area (Å²) in [5.74, 6) is -0.469. The molecule has 2 aromatic carbocycles. The van der Waals surface area contributed by atoms with Crippen molar-refractivity contribution in [3.05, 3.63) is 71.8 Å². The van der Waals surface area contributed by atoms with E-state index in [0.717, 1.165) is 0 Å². The van der Waals surface area contributed by atoms with Crippen LogP contribution in [0.15, 0.2) is 60.7 Å². The lowest BCUT2D eigenvalue weighted by Gasteiger charge is -2.06. The maximum Gasteiger partial charge on any atom is 0.524 e. The minimum Gasteiger partial charge on any atom is -0.404 e. The third-order valence-electron chi connectivity index (χ3n) is 3.04. The number of hydrogen-bond donors (Lipinski definition) is 4. The summed E-state index contributed by atoms with van der Waals surface area (Å²) in [5, 5.41) is 0. The molecular weight excluding hydrogens is 410 g/mol. The van der Waals surface area contributed by atoms with Crippen molar-refractivity contribution < 1.29 is 42.5 Å². The molecular formula is C17H16O9P2. The van der Waals surface area contributed by atoms with Gasteiger partial charge in [0.15, 0.2) is 5.78 Å². The minimum atomic E-state index is -4.67. The van der Waals surface area contributed by atoms with E-state index in [2.05, 4.69) is 9.05 Å². The van der Waals surface area contributed by atoms with Gasteiger partial charge >= 0.3 is 15.6 Å². The monoisotopic (exact) mass is 426 g/mol. The Labute approximate surface area is 160 Å². The molecule has 0 heterocycles. The van der Waals surface area contributed by atoms with Gasteiger partial charge in [0.1, 0.15) is 11.5 Å². The number of hydrogen-bond acceptors (Lipinski definition) is 5. The molecule has 148 valence electrons. The summed E-state index contributed by atoms with van der Waals surface area (Å²) in [4.78, 5) is 47.1. The Hall–Kier alpha value is -2.51. The van der Waals surface area contributed by atoms with Crippen molar-refractivity contribution in [2.45, 2.75) is 0 Å². The molecule has 0 spiro atoms. The van der Waals surface area contributed by atoms with Crippen LogP contribution in [0.25, 0.3) is 12.2 Å². The molecule has 9 nitrogen and oxygen atoms in total. The van der Waals surface area contributed by atoms with Crippen LogP contribution in [0.3, 0.4) is 0 Å². The summed E-state index contributed by atoms with van der Waals surface area (Å²) in [6.45, 7) is 0. The van der Waals surface area contributed by atoms with Crippen molar-refractivity contribution in [2.75, 3.05) is 0 Å². The Kier molecular flexibility index (Phi) is 7.10. The van der Waals surface area contributed by atoms with Crippen LogP contribution in [0, 0.1) is 0 Å². The highest BCUT2D eigenvalue weighted by atomic mass is 31.2. The van der Waals surface area contributed by atoms with Gasteiger partial charge in [-0.25, -0.2) is 9.13 Å². The second kappa shape index (κ2) is 9.12. The van der Waals surface area contributed by atoms with Gasteiger partial charge in [0.25, 0.3) is 0 Å². The largest absolute Gasteiger partial charge is 0.524 e. The quantitative estimate of drug-likeness (QED) is 0.369. The topological polar surface area (TPSA) is 151 Å². The lowest BCUT2D eigenvalue weighted by atomic mass is 10.1. The first kappa shape index (κ1) is 21.8. The van der Waals surface area contributed by atoms with Crippen LogP contribution in [0.1, 0.15) is 11.1 Å². The first-order valence-corrected chi connectivity index (χ1v) is 10.7. The van der Waals surface area contributed by atoms with Crippen molar-refractivity contribution in [1.82, 2.24) is 0 Å². The van der Waals surface area contributed by atoms with Gasteiger partial charge in [-0.05, 0) is 47.5 Å². The highest BCUT2D eigenvalue weighted by molar-refractivity contribution is 7.47. The number of rotatable bonds is 8. The molecule has 28 heavy (non-hydrogen) atoms. The van der Waals surface area contributed by atoms with Crippen LogP contribution in [-0.2, 0) is 13.9 Å². The van der Waals surface area contributed by atoms with E-state index in [4.69, 9.17) is 19.6 Å². The van der Waals surface area contributed by atoms with Crippen molar-refractivity contribution in [2.24, 2.45) is 0 Å². The molecule has 0 radical (unpaired) electrons. The molecule has 0 aliphatic rings. The van der Waals surface area contributed by atoms with E-state index in [1.54, 1.807) is 12.1 Å². The third-order valence-corrected chi connectivity index (χ3v) is 3.94. The fourth-order valence-corrected chi connectivity index (χ4v) is 2.81. The fraction of sp³-hybridized carbons (Fsp3) is 0. The van der Waals surface area contributed by atoms with Gasteiger partial charge in [0.2, 0.25) is 0 Å². The molecule has 0 bridgehead atoms. The zero-order valence-corrected chi connectivity index (χ0v) is 15.9. The van der Waals surface area contributed by atoms with Crippen LogP contribution < -0.4 is 9.05 Å². The molecule has 0 saturated heterocycles. The summed E-state index contributed by atoms with van der Waals surface area (Å²) in [5.41, 5.74) is 0.981. The molecule has 0 saturated carbocycles. The summed E-state index contributed by atoms with van der Waals surface area (Å²) < 4.78 is 30.6. The molecule has 11 heteroatoms. The standard InChI is InChI=1S/C17H16O9P2/c18-15(9-7-13-3-1-5-16(11-13)25-27(19,20)21)10-8-14-4-2-6-17(12-14)26-28(22,23)24/h1-12H,(H2,19,20,21)(H2,22,23,24)/b9-7+,10-8+. The minimum absolute atomic E-state index is 0.0413. The number of benzene rings is 2. The Bertz CT molecular complexity index is 922. The molecule has 0 aliphatic carbocycles. The van der Waals surface area contributed by atoms with E-state index in [1.165, 1.54) is 60.7 Å². The van der Waals surface area contributed by atoms with E-state index in [0.29, 0.717) is 11.1 Å². The number of carbonyl (C=O) groups is 1. The second-order valence-electron chi connectivity index (χ2n) is 5.38. The molecule has 0 aliphatic heterocycles. The summed E-state index contributed by atoms with van der Waals surface area (Å²) in [6.07, 6.45) is 5.35. The Morgan fingerprint density at radius 2 is 1.14 bits per heavy atom. The second-order valence-corrected chi connectivity index (χ2v) is 7.71. The van der Waals surface area contributed by atoms with Crippen molar-refractivity contribution in [1.29, 1.82) is 0 Å². The van der Waals surface area contributed by atoms with Gasteiger partial charge < -0.3 is 9.05 Å². The summed E-state index contributed by atoms with van der Waals surface area (Å²) in [6, 6.07) is 11.7. The van der Waals surface area contributed by atoms with Gasteiger partial charge in [-0.2, -0.15) is 0 Å².